The van der Waals surface area contributed by atoms with Crippen LogP contribution in [-0.2, 0) is 0 Å². The molecule has 0 atom stereocenters. The van der Waals surface area contributed by atoms with Gasteiger partial charge in [-0.15, -0.1) is 0 Å². The van der Waals surface area contributed by atoms with Crippen LogP contribution < -0.4 is 15.4 Å². The Bertz CT molecular complexity index is 617. The van der Waals surface area contributed by atoms with E-state index in [-0.39, 0.29) is 5.69 Å². The summed E-state index contributed by atoms with van der Waals surface area (Å²) in [4.78, 5) is 12.0. The molecule has 0 saturated carbocycles. The van der Waals surface area contributed by atoms with E-state index in [1.807, 2.05) is 12.1 Å². The number of benzene rings is 1. The summed E-state index contributed by atoms with van der Waals surface area (Å²) in [6, 6.07) is 10.1. The minimum absolute atomic E-state index is 0.0459. The van der Waals surface area contributed by atoms with Gasteiger partial charge < -0.3 is 15.8 Å². The topological polar surface area (TPSA) is 68.1 Å². The average molecular weight is 322 g/mol. The number of nitrogens with one attached hydrogen (secondary N) is 2. The maximum Gasteiger partial charge on any atom is 0.321 e. The van der Waals surface area contributed by atoms with Gasteiger partial charge in [-0.2, -0.15) is 4.73 Å². The van der Waals surface area contributed by atoms with Crippen molar-refractivity contribution < 1.29 is 9.52 Å². The van der Waals surface area contributed by atoms with Crippen molar-refractivity contribution in [2.75, 3.05) is 17.7 Å². The standard InChI is InChI=1S/C13H12BrN3O2/c1-15-10-6-5-9(14)8-11(10)16-13(18)12-4-2-3-7-17(12)19/h2-8,15H,1H3,(H,16,18). The minimum atomic E-state index is -0.454. The van der Waals surface area contributed by atoms with Gasteiger partial charge in [0.05, 0.1) is 11.4 Å². The molecule has 1 aromatic heterocycles. The Morgan fingerprint density at radius 1 is 1.26 bits per heavy atom. The maximum absolute atomic E-state index is 12.0. The number of rotatable bonds is 3. The van der Waals surface area contributed by atoms with Gasteiger partial charge in [0.1, 0.15) is 0 Å². The molecule has 0 aliphatic heterocycles. The number of hydrogen-bond donors (Lipinski definition) is 2. The number of carbonyl (C=O) groups is 1. The van der Waals surface area contributed by atoms with E-state index in [9.17, 15) is 10.0 Å². The maximum atomic E-state index is 12.0. The van der Waals surface area contributed by atoms with E-state index in [0.717, 1.165) is 10.2 Å². The van der Waals surface area contributed by atoms with Crippen LogP contribution in [0.3, 0.4) is 0 Å². The Balaban J connectivity index is 2.29. The molecule has 1 amide bonds. The van der Waals surface area contributed by atoms with Crippen LogP contribution in [0, 0.1) is 5.21 Å². The van der Waals surface area contributed by atoms with Crippen molar-refractivity contribution in [3.8, 4) is 0 Å². The van der Waals surface area contributed by atoms with Gasteiger partial charge in [-0.05, 0) is 24.3 Å². The summed E-state index contributed by atoms with van der Waals surface area (Å²) in [6.45, 7) is 0. The first-order chi connectivity index (χ1) is 9.11. The van der Waals surface area contributed by atoms with E-state index >= 15 is 0 Å². The van der Waals surface area contributed by atoms with Crippen LogP contribution in [0.25, 0.3) is 0 Å². The van der Waals surface area contributed by atoms with Gasteiger partial charge >= 0.3 is 5.91 Å². The number of carbonyl (C=O) groups excluding carboxylic acids is 1. The Hall–Kier alpha value is -2.08. The van der Waals surface area contributed by atoms with Crippen molar-refractivity contribution >= 4 is 33.2 Å². The Morgan fingerprint density at radius 3 is 2.74 bits per heavy atom. The molecule has 1 aromatic carbocycles. The molecule has 0 aliphatic carbocycles. The van der Waals surface area contributed by atoms with Gasteiger partial charge in [-0.1, -0.05) is 15.9 Å². The third kappa shape index (κ3) is 3.03. The van der Waals surface area contributed by atoms with Crippen molar-refractivity contribution in [2.24, 2.45) is 0 Å². The van der Waals surface area contributed by atoms with Crippen LogP contribution in [-0.4, -0.2) is 13.0 Å². The molecule has 0 spiro atoms. The largest absolute Gasteiger partial charge is 0.618 e. The fourth-order valence-corrected chi connectivity index (χ4v) is 1.99. The zero-order valence-electron chi connectivity index (χ0n) is 10.2. The van der Waals surface area contributed by atoms with E-state index in [0.29, 0.717) is 10.4 Å². The molecular formula is C13H12BrN3O2. The number of nitrogens with zero attached hydrogens (tertiary/aromatic N) is 1. The molecule has 19 heavy (non-hydrogen) atoms. The zero-order valence-corrected chi connectivity index (χ0v) is 11.8. The van der Waals surface area contributed by atoms with Crippen molar-refractivity contribution in [1.82, 2.24) is 0 Å². The summed E-state index contributed by atoms with van der Waals surface area (Å²) in [5.41, 5.74) is 1.42. The second-order valence-electron chi connectivity index (χ2n) is 3.81. The summed E-state index contributed by atoms with van der Waals surface area (Å²) < 4.78 is 1.37. The second-order valence-corrected chi connectivity index (χ2v) is 4.72. The van der Waals surface area contributed by atoms with Gasteiger partial charge in [-0.3, -0.25) is 4.79 Å². The molecule has 0 radical (unpaired) electrons. The smallest absolute Gasteiger partial charge is 0.321 e. The van der Waals surface area contributed by atoms with Crippen molar-refractivity contribution in [2.45, 2.75) is 0 Å². The van der Waals surface area contributed by atoms with E-state index < -0.39 is 5.91 Å². The molecular weight excluding hydrogens is 310 g/mol. The van der Waals surface area contributed by atoms with Gasteiger partial charge in [0.15, 0.2) is 6.20 Å². The lowest BCUT2D eigenvalue weighted by molar-refractivity contribution is -0.607. The number of pyridine rings is 1. The number of hydrogen-bond acceptors (Lipinski definition) is 3. The van der Waals surface area contributed by atoms with Crippen molar-refractivity contribution in [1.29, 1.82) is 0 Å². The van der Waals surface area contributed by atoms with Gasteiger partial charge in [0.2, 0.25) is 0 Å². The number of amides is 1. The summed E-state index contributed by atoms with van der Waals surface area (Å²) in [7, 11) is 1.76. The van der Waals surface area contributed by atoms with Crippen molar-refractivity contribution in [3.63, 3.8) is 0 Å². The highest BCUT2D eigenvalue weighted by atomic mass is 79.9. The van der Waals surface area contributed by atoms with Crippen LogP contribution in [0.2, 0.25) is 0 Å². The number of halogens is 1. The highest BCUT2D eigenvalue weighted by Gasteiger charge is 2.16. The molecule has 5 nitrogen and oxygen atoms in total. The molecule has 2 N–H and O–H groups in total. The number of anilines is 2. The first-order valence-electron chi connectivity index (χ1n) is 5.58. The Labute approximate surface area is 119 Å². The highest BCUT2D eigenvalue weighted by molar-refractivity contribution is 9.10. The third-order valence-corrected chi connectivity index (χ3v) is 3.05. The molecule has 6 heteroatoms. The first-order valence-corrected chi connectivity index (χ1v) is 6.38. The Morgan fingerprint density at radius 2 is 2.05 bits per heavy atom. The fourth-order valence-electron chi connectivity index (χ4n) is 1.63. The fraction of sp³-hybridized carbons (Fsp3) is 0.0769. The molecule has 1 heterocycles. The van der Waals surface area contributed by atoms with Crippen LogP contribution in [0.15, 0.2) is 47.1 Å². The van der Waals surface area contributed by atoms with E-state index in [2.05, 4.69) is 26.6 Å². The minimum Gasteiger partial charge on any atom is -0.618 e. The highest BCUT2D eigenvalue weighted by Crippen LogP contribution is 2.25. The molecule has 0 saturated heterocycles. The summed E-state index contributed by atoms with van der Waals surface area (Å²) in [6.07, 6.45) is 1.29. The van der Waals surface area contributed by atoms with Crippen molar-refractivity contribution in [3.05, 3.63) is 58.0 Å². The normalized spacial score (nSPS) is 10.0. The zero-order chi connectivity index (χ0) is 13.8. The molecule has 2 rings (SSSR count). The molecule has 0 unspecified atom stereocenters. The predicted molar refractivity (Wildman–Crippen MR) is 77.0 cm³/mol. The molecule has 0 aliphatic rings. The number of aromatic nitrogens is 1. The van der Waals surface area contributed by atoms with E-state index in [1.165, 1.54) is 12.3 Å². The van der Waals surface area contributed by atoms with Gasteiger partial charge in [0.25, 0.3) is 5.69 Å². The lowest BCUT2D eigenvalue weighted by atomic mass is 10.2. The quantitative estimate of drug-likeness (QED) is 0.673. The molecule has 2 aromatic rings. The van der Waals surface area contributed by atoms with Crippen LogP contribution in [0.5, 0.6) is 0 Å². The lowest BCUT2D eigenvalue weighted by Gasteiger charge is -2.11. The van der Waals surface area contributed by atoms with Crippen LogP contribution in [0.4, 0.5) is 11.4 Å². The summed E-state index contributed by atoms with van der Waals surface area (Å²) >= 11 is 3.34. The first kappa shape index (κ1) is 13.4. The second kappa shape index (κ2) is 5.71. The monoisotopic (exact) mass is 321 g/mol. The SMILES string of the molecule is CNc1ccc(Br)cc1NC(=O)c1cccc[n+]1[O-]. The summed E-state index contributed by atoms with van der Waals surface area (Å²) in [5.74, 6) is -0.454. The van der Waals surface area contributed by atoms with Gasteiger partial charge in [0, 0.05) is 23.7 Å². The Kier molecular flexibility index (Phi) is 4.01. The van der Waals surface area contributed by atoms with E-state index in [1.54, 1.807) is 25.2 Å². The average Bonchev–Trinajstić information content (AvgIpc) is 2.39. The van der Waals surface area contributed by atoms with Crippen LogP contribution in [0.1, 0.15) is 10.5 Å². The molecule has 0 bridgehead atoms. The third-order valence-electron chi connectivity index (χ3n) is 2.56. The lowest BCUT2D eigenvalue weighted by Crippen LogP contribution is -2.36. The molecule has 98 valence electrons. The summed E-state index contributed by atoms with van der Waals surface area (Å²) in [5, 5.41) is 17.2. The van der Waals surface area contributed by atoms with E-state index in [4.69, 9.17) is 0 Å². The van der Waals surface area contributed by atoms with Crippen LogP contribution >= 0.6 is 15.9 Å². The predicted octanol–water partition coefficient (Wildman–Crippen LogP) is 2.38. The molecule has 0 fully saturated rings. The van der Waals surface area contributed by atoms with Gasteiger partial charge in [-0.25, -0.2) is 0 Å².